The van der Waals surface area contributed by atoms with Crippen LogP contribution in [0.5, 0.6) is 0 Å². The molecule has 118 valence electrons. The minimum absolute atomic E-state index is 0.0398. The summed E-state index contributed by atoms with van der Waals surface area (Å²) in [5.41, 5.74) is -0.0915. The lowest BCUT2D eigenvalue weighted by molar-refractivity contribution is 0.0683. The highest BCUT2D eigenvalue weighted by Gasteiger charge is 2.27. The fraction of sp³-hybridized carbons (Fsp3) is 0.462. The van der Waals surface area contributed by atoms with Crippen LogP contribution in [0.15, 0.2) is 29.8 Å². The zero-order valence-electron chi connectivity index (χ0n) is 12.1. The highest BCUT2D eigenvalue weighted by Crippen LogP contribution is 2.22. The van der Waals surface area contributed by atoms with Gasteiger partial charge < -0.3 is 14.8 Å². The minimum atomic E-state index is -3.88. The second kappa shape index (κ2) is 6.88. The third kappa shape index (κ3) is 3.72. The number of aliphatic hydroxyl groups excluding tert-OH is 1. The molecule has 0 aliphatic rings. The molecule has 8 heteroatoms. The normalized spacial score (nSPS) is 12.0. The van der Waals surface area contributed by atoms with Crippen LogP contribution in [-0.2, 0) is 10.0 Å². The number of aromatic nitrogens is 1. The molecule has 1 heterocycles. The van der Waals surface area contributed by atoms with Gasteiger partial charge >= 0.3 is 5.97 Å². The summed E-state index contributed by atoms with van der Waals surface area (Å²) >= 11 is 0. The first-order valence-electron chi connectivity index (χ1n) is 6.42. The quantitative estimate of drug-likeness (QED) is 0.695. The molecule has 0 amide bonds. The lowest BCUT2D eigenvalue weighted by Gasteiger charge is -2.18. The molecule has 0 unspecified atom stereocenters. The molecule has 7 nitrogen and oxygen atoms in total. The summed E-state index contributed by atoms with van der Waals surface area (Å²) in [6.07, 6.45) is 2.71. The Bertz CT molecular complexity index is 619. The van der Waals surface area contributed by atoms with Crippen molar-refractivity contribution in [2.75, 3.05) is 19.7 Å². The molecule has 0 saturated carbocycles. The molecule has 0 atom stereocenters. The zero-order chi connectivity index (χ0) is 16.2. The number of aromatic carboxylic acids is 1. The molecular weight excluding hydrogens is 296 g/mol. The monoisotopic (exact) mass is 316 g/mol. The first kappa shape index (κ1) is 17.4. The summed E-state index contributed by atoms with van der Waals surface area (Å²) < 4.78 is 27.4. The average Bonchev–Trinajstić information content (AvgIpc) is 2.84. The first-order valence-corrected chi connectivity index (χ1v) is 7.86. The zero-order valence-corrected chi connectivity index (χ0v) is 12.9. The SMILES string of the molecule is C=CCN(CCO)S(=O)(=O)c1cc(C(=O)O)n(C(C)C)c1. The van der Waals surface area contributed by atoms with Crippen LogP contribution in [0, 0.1) is 0 Å². The van der Waals surface area contributed by atoms with Crippen molar-refractivity contribution in [3.8, 4) is 0 Å². The van der Waals surface area contributed by atoms with E-state index in [1.165, 1.54) is 16.8 Å². The van der Waals surface area contributed by atoms with Crippen molar-refractivity contribution < 1.29 is 23.4 Å². The molecule has 1 aromatic heterocycles. The number of rotatable bonds is 8. The Balaban J connectivity index is 3.33. The lowest BCUT2D eigenvalue weighted by Crippen LogP contribution is -2.33. The maximum absolute atomic E-state index is 12.5. The molecule has 1 rings (SSSR count). The summed E-state index contributed by atoms with van der Waals surface area (Å²) in [6.45, 7) is 6.64. The van der Waals surface area contributed by atoms with Crippen molar-refractivity contribution in [2.24, 2.45) is 0 Å². The number of sulfonamides is 1. The number of hydrogen-bond donors (Lipinski definition) is 2. The van der Waals surface area contributed by atoms with Gasteiger partial charge in [-0.15, -0.1) is 6.58 Å². The van der Waals surface area contributed by atoms with E-state index in [1.54, 1.807) is 13.8 Å². The second-order valence-corrected chi connectivity index (χ2v) is 6.68. The minimum Gasteiger partial charge on any atom is -0.477 e. The largest absolute Gasteiger partial charge is 0.477 e. The van der Waals surface area contributed by atoms with Gasteiger partial charge in [0.1, 0.15) is 10.6 Å². The molecule has 21 heavy (non-hydrogen) atoms. The summed E-state index contributed by atoms with van der Waals surface area (Å²) in [5, 5.41) is 18.1. The smallest absolute Gasteiger partial charge is 0.352 e. The Morgan fingerprint density at radius 1 is 1.52 bits per heavy atom. The Morgan fingerprint density at radius 3 is 2.52 bits per heavy atom. The predicted molar refractivity (Wildman–Crippen MR) is 77.8 cm³/mol. The van der Waals surface area contributed by atoms with E-state index in [9.17, 15) is 13.2 Å². The van der Waals surface area contributed by atoms with Gasteiger partial charge in [0.2, 0.25) is 10.0 Å². The Labute approximate surface area is 124 Å². The summed E-state index contributed by atoms with van der Waals surface area (Å²) in [7, 11) is -3.88. The van der Waals surface area contributed by atoms with Crippen molar-refractivity contribution >= 4 is 16.0 Å². The van der Waals surface area contributed by atoms with E-state index in [0.29, 0.717) is 0 Å². The third-order valence-electron chi connectivity index (χ3n) is 2.92. The van der Waals surface area contributed by atoms with Crippen molar-refractivity contribution in [3.05, 3.63) is 30.6 Å². The highest BCUT2D eigenvalue weighted by molar-refractivity contribution is 7.89. The standard InChI is InChI=1S/C13H20N2O5S/c1-4-5-14(6-7-16)21(19,20)11-8-12(13(17)18)15(9-11)10(2)3/h4,8-10,16H,1,5-7H2,2-3H3,(H,17,18). The van der Waals surface area contributed by atoms with E-state index in [1.807, 2.05) is 0 Å². The van der Waals surface area contributed by atoms with Gasteiger partial charge in [-0.2, -0.15) is 4.31 Å². The first-order chi connectivity index (χ1) is 9.75. The van der Waals surface area contributed by atoms with E-state index < -0.39 is 16.0 Å². The lowest BCUT2D eigenvalue weighted by atomic mass is 10.3. The molecule has 2 N–H and O–H groups in total. The number of aliphatic hydroxyl groups is 1. The Morgan fingerprint density at radius 2 is 2.14 bits per heavy atom. The molecule has 0 radical (unpaired) electrons. The summed E-state index contributed by atoms with van der Waals surface area (Å²) in [4.78, 5) is 11.1. The number of nitrogens with zero attached hydrogens (tertiary/aromatic N) is 2. The predicted octanol–water partition coefficient (Wildman–Crippen LogP) is 0.936. The van der Waals surface area contributed by atoms with Crippen molar-refractivity contribution in [1.29, 1.82) is 0 Å². The molecule has 1 aromatic rings. The number of carboxylic acids is 1. The summed E-state index contributed by atoms with van der Waals surface area (Å²) in [5.74, 6) is -1.19. The molecule has 0 fully saturated rings. The van der Waals surface area contributed by atoms with E-state index in [4.69, 9.17) is 10.2 Å². The molecule has 0 spiro atoms. The van der Waals surface area contributed by atoms with Gasteiger partial charge in [0.25, 0.3) is 0 Å². The van der Waals surface area contributed by atoms with Crippen LogP contribution in [0.3, 0.4) is 0 Å². The molecule has 0 aliphatic heterocycles. The fourth-order valence-corrected chi connectivity index (χ4v) is 3.34. The van der Waals surface area contributed by atoms with Crippen molar-refractivity contribution in [3.63, 3.8) is 0 Å². The van der Waals surface area contributed by atoms with Crippen LogP contribution in [0.2, 0.25) is 0 Å². The van der Waals surface area contributed by atoms with Crippen molar-refractivity contribution in [2.45, 2.75) is 24.8 Å². The highest BCUT2D eigenvalue weighted by atomic mass is 32.2. The third-order valence-corrected chi connectivity index (χ3v) is 4.75. The van der Waals surface area contributed by atoms with Gasteiger partial charge in [0.05, 0.1) is 6.61 Å². The Hall–Kier alpha value is -1.64. The maximum atomic E-state index is 12.5. The molecule has 0 bridgehead atoms. The molecule has 0 aromatic carbocycles. The molecule has 0 saturated heterocycles. The second-order valence-electron chi connectivity index (χ2n) is 4.74. The molecular formula is C13H20N2O5S. The number of carboxylic acid groups (broad SMARTS) is 1. The number of hydrogen-bond acceptors (Lipinski definition) is 4. The van der Waals surface area contributed by atoms with Crippen LogP contribution in [-0.4, -0.2) is 53.2 Å². The topological polar surface area (TPSA) is 99.8 Å². The van der Waals surface area contributed by atoms with E-state index in [-0.39, 0.29) is 36.3 Å². The van der Waals surface area contributed by atoms with E-state index in [2.05, 4.69) is 6.58 Å². The molecule has 0 aliphatic carbocycles. The van der Waals surface area contributed by atoms with Gasteiger partial charge in [-0.1, -0.05) is 6.08 Å². The van der Waals surface area contributed by atoms with Crippen LogP contribution in [0.4, 0.5) is 0 Å². The van der Waals surface area contributed by atoms with Crippen LogP contribution < -0.4 is 0 Å². The van der Waals surface area contributed by atoms with Gasteiger partial charge in [0.15, 0.2) is 0 Å². The van der Waals surface area contributed by atoms with Crippen LogP contribution in [0.1, 0.15) is 30.4 Å². The fourth-order valence-electron chi connectivity index (χ4n) is 1.91. The average molecular weight is 316 g/mol. The van der Waals surface area contributed by atoms with Gasteiger partial charge in [-0.25, -0.2) is 13.2 Å². The van der Waals surface area contributed by atoms with Gasteiger partial charge in [-0.05, 0) is 19.9 Å². The summed E-state index contributed by atoms with van der Waals surface area (Å²) in [6, 6.07) is 0.941. The number of carbonyl (C=O) groups is 1. The van der Waals surface area contributed by atoms with Gasteiger partial charge in [0, 0.05) is 25.3 Å². The van der Waals surface area contributed by atoms with Crippen LogP contribution in [0.25, 0.3) is 0 Å². The Kier molecular flexibility index (Phi) is 5.70. The van der Waals surface area contributed by atoms with E-state index in [0.717, 1.165) is 10.4 Å². The van der Waals surface area contributed by atoms with Crippen LogP contribution >= 0.6 is 0 Å². The van der Waals surface area contributed by atoms with E-state index >= 15 is 0 Å². The van der Waals surface area contributed by atoms with Gasteiger partial charge in [-0.3, -0.25) is 0 Å². The maximum Gasteiger partial charge on any atom is 0.352 e. The van der Waals surface area contributed by atoms with Crippen molar-refractivity contribution in [1.82, 2.24) is 8.87 Å².